The highest BCUT2D eigenvalue weighted by molar-refractivity contribution is 7.89. The van der Waals surface area contributed by atoms with E-state index in [1.807, 2.05) is 0 Å². The summed E-state index contributed by atoms with van der Waals surface area (Å²) in [6.45, 7) is 0. The number of rotatable bonds is 4. The van der Waals surface area contributed by atoms with Gasteiger partial charge in [0.15, 0.2) is 5.72 Å². The predicted octanol–water partition coefficient (Wildman–Crippen LogP) is 2.15. The molecule has 0 aliphatic carbocycles. The van der Waals surface area contributed by atoms with Gasteiger partial charge in [0.1, 0.15) is 0 Å². The fourth-order valence-electron chi connectivity index (χ4n) is 4.14. The number of carboxylic acid groups (broad SMARTS) is 1. The van der Waals surface area contributed by atoms with E-state index in [1.54, 1.807) is 42.5 Å². The van der Waals surface area contributed by atoms with Crippen molar-refractivity contribution in [3.05, 3.63) is 83.4 Å². The number of aromatic nitrogens is 2. The lowest BCUT2D eigenvalue weighted by atomic mass is 9.93. The first kappa shape index (κ1) is 21.6. The van der Waals surface area contributed by atoms with Crippen molar-refractivity contribution in [3.63, 3.8) is 0 Å². The number of nitrogens with zero attached hydrogens (tertiary/aromatic N) is 2. The summed E-state index contributed by atoms with van der Waals surface area (Å²) in [7, 11) is -4.07. The Balaban J connectivity index is 1.72. The fourth-order valence-corrected chi connectivity index (χ4v) is 4.69. The lowest BCUT2D eigenvalue weighted by molar-refractivity contribution is 0.0703. The molecule has 0 saturated heterocycles. The van der Waals surface area contributed by atoms with Crippen molar-refractivity contribution >= 4 is 44.7 Å². The van der Waals surface area contributed by atoms with Crippen LogP contribution in [-0.2, 0) is 15.7 Å². The maximum atomic E-state index is 13.4. The highest BCUT2D eigenvalue weighted by atomic mass is 32.2. The molecular weight excluding hydrogens is 462 g/mol. The van der Waals surface area contributed by atoms with Crippen LogP contribution in [0.1, 0.15) is 21.5 Å². The number of aromatic amines is 1. The molecule has 12 heteroatoms. The molecule has 1 aliphatic rings. The fraction of sp³-hybridized carbons (Fsp3) is 0.0455. The number of anilines is 2. The van der Waals surface area contributed by atoms with Gasteiger partial charge in [0.25, 0.3) is 5.91 Å². The zero-order valence-electron chi connectivity index (χ0n) is 17.3. The number of hydrogen-bond acceptors (Lipinski definition) is 6. The summed E-state index contributed by atoms with van der Waals surface area (Å²) in [5.74, 6) is -0.546. The van der Waals surface area contributed by atoms with Crippen LogP contribution >= 0.6 is 0 Å². The van der Waals surface area contributed by atoms with Gasteiger partial charge in [-0.25, -0.2) is 23.3 Å². The number of nitrogens with two attached hydrogens (primary N) is 1. The Labute approximate surface area is 192 Å². The van der Waals surface area contributed by atoms with Crippen molar-refractivity contribution in [1.29, 1.82) is 0 Å². The van der Waals surface area contributed by atoms with Crippen LogP contribution in [0.3, 0.4) is 0 Å². The van der Waals surface area contributed by atoms with E-state index < -0.39 is 27.7 Å². The van der Waals surface area contributed by atoms with Crippen LogP contribution in [-0.4, -0.2) is 40.6 Å². The molecule has 1 aliphatic heterocycles. The summed E-state index contributed by atoms with van der Waals surface area (Å²) in [5.41, 5.74) is -0.253. The zero-order valence-corrected chi connectivity index (χ0v) is 18.1. The van der Waals surface area contributed by atoms with Gasteiger partial charge in [-0.1, -0.05) is 30.3 Å². The van der Waals surface area contributed by atoms with Gasteiger partial charge in [-0.15, -0.1) is 0 Å². The number of fused-ring (bicyclic) bond motifs is 2. The Kier molecular flexibility index (Phi) is 4.68. The summed E-state index contributed by atoms with van der Waals surface area (Å²) in [6, 6.07) is 16.6. The summed E-state index contributed by atoms with van der Waals surface area (Å²) in [5, 5.41) is 28.4. The van der Waals surface area contributed by atoms with Crippen LogP contribution in [0.15, 0.2) is 71.6 Å². The molecule has 0 bridgehead atoms. The van der Waals surface area contributed by atoms with Crippen LogP contribution < -0.4 is 15.4 Å². The highest BCUT2D eigenvalue weighted by Gasteiger charge is 2.50. The number of benzene rings is 3. The Bertz CT molecular complexity index is 1600. The third-order valence-corrected chi connectivity index (χ3v) is 6.48. The number of primary sulfonamides is 1. The Morgan fingerprint density at radius 2 is 1.85 bits per heavy atom. The average Bonchev–Trinajstić information content (AvgIpc) is 3.29. The second kappa shape index (κ2) is 7.38. The lowest BCUT2D eigenvalue weighted by Crippen LogP contribution is -2.45. The molecule has 11 nitrogen and oxygen atoms in total. The third kappa shape index (κ3) is 3.28. The number of aliphatic hydroxyl groups is 1. The molecule has 5 rings (SSSR count). The molecule has 0 radical (unpaired) electrons. The first-order valence-electron chi connectivity index (χ1n) is 9.88. The van der Waals surface area contributed by atoms with Gasteiger partial charge in [-0.3, -0.25) is 15.0 Å². The molecule has 34 heavy (non-hydrogen) atoms. The van der Waals surface area contributed by atoms with Crippen LogP contribution in [0, 0.1) is 0 Å². The van der Waals surface area contributed by atoms with E-state index in [0.29, 0.717) is 16.6 Å². The zero-order chi connectivity index (χ0) is 24.3. The van der Waals surface area contributed by atoms with Crippen LogP contribution in [0.4, 0.5) is 16.4 Å². The summed E-state index contributed by atoms with van der Waals surface area (Å²) in [6.07, 6.45) is -1.30. The van der Waals surface area contributed by atoms with Crippen molar-refractivity contribution in [1.82, 2.24) is 9.97 Å². The van der Waals surface area contributed by atoms with Crippen LogP contribution in [0.2, 0.25) is 0 Å². The highest BCUT2D eigenvalue weighted by Crippen LogP contribution is 2.45. The predicted molar refractivity (Wildman–Crippen MR) is 122 cm³/mol. The van der Waals surface area contributed by atoms with Crippen LogP contribution in [0.25, 0.3) is 11.0 Å². The minimum absolute atomic E-state index is 0.00718. The first-order chi connectivity index (χ1) is 16.1. The van der Waals surface area contributed by atoms with Gasteiger partial charge in [0.2, 0.25) is 16.0 Å². The van der Waals surface area contributed by atoms with E-state index in [4.69, 9.17) is 10.2 Å². The van der Waals surface area contributed by atoms with Crippen LogP contribution in [0.5, 0.6) is 0 Å². The number of carbonyl (C=O) groups excluding carboxylic acids is 1. The largest absolute Gasteiger partial charge is 0.465 e. The van der Waals surface area contributed by atoms with Crippen molar-refractivity contribution in [2.75, 3.05) is 10.2 Å². The molecule has 1 atom stereocenters. The molecule has 2 heterocycles. The van der Waals surface area contributed by atoms with E-state index in [-0.39, 0.29) is 27.7 Å². The Morgan fingerprint density at radius 1 is 1.09 bits per heavy atom. The van der Waals surface area contributed by atoms with Crippen molar-refractivity contribution in [3.8, 4) is 0 Å². The standard InChI is InChI=1S/C22H17N5O6S/c23-34(32,33)14-5-3-4-13(11-14)27-19(28)15-6-1-2-7-16(15)22(27,31)12-8-9-17-18(10-12)25-20(24-17)26-21(29)30/h1-11,31H,(H,29,30)(H2,23,32,33)(H2,24,25,26). The number of carbonyl (C=O) groups is 2. The molecule has 1 unspecified atom stereocenters. The van der Waals surface area contributed by atoms with Gasteiger partial charge in [-0.2, -0.15) is 0 Å². The van der Waals surface area contributed by atoms with E-state index in [0.717, 1.165) is 4.90 Å². The number of imidazole rings is 1. The lowest BCUT2D eigenvalue weighted by Gasteiger charge is -2.35. The monoisotopic (exact) mass is 479 g/mol. The van der Waals surface area contributed by atoms with Gasteiger partial charge in [0, 0.05) is 22.4 Å². The van der Waals surface area contributed by atoms with E-state index in [2.05, 4.69) is 15.3 Å². The SMILES string of the molecule is NS(=O)(=O)c1cccc(N2C(=O)c3ccccc3C2(O)c2ccc3nc(NC(=O)O)[nH]c3c2)c1. The molecule has 3 aromatic carbocycles. The molecule has 1 aromatic heterocycles. The maximum absolute atomic E-state index is 13.4. The minimum atomic E-state index is -4.07. The average molecular weight is 479 g/mol. The number of sulfonamides is 1. The molecule has 6 N–H and O–H groups in total. The van der Waals surface area contributed by atoms with E-state index >= 15 is 0 Å². The topological polar surface area (TPSA) is 179 Å². The Hall–Kier alpha value is -4.26. The summed E-state index contributed by atoms with van der Waals surface area (Å²) >= 11 is 0. The smallest absolute Gasteiger partial charge is 0.411 e. The Morgan fingerprint density at radius 3 is 2.59 bits per heavy atom. The van der Waals surface area contributed by atoms with Gasteiger partial charge in [-0.05, 0) is 36.4 Å². The molecule has 2 amide bonds. The second-order valence-corrected chi connectivity index (χ2v) is 9.21. The third-order valence-electron chi connectivity index (χ3n) is 5.57. The van der Waals surface area contributed by atoms with Crippen molar-refractivity contribution in [2.45, 2.75) is 10.6 Å². The van der Waals surface area contributed by atoms with Crippen molar-refractivity contribution < 1.29 is 28.2 Å². The molecule has 0 fully saturated rings. The summed E-state index contributed by atoms with van der Waals surface area (Å²) < 4.78 is 23.8. The minimum Gasteiger partial charge on any atom is -0.465 e. The molecule has 0 saturated carbocycles. The number of amides is 2. The molecule has 0 spiro atoms. The molecule has 172 valence electrons. The van der Waals surface area contributed by atoms with E-state index in [1.165, 1.54) is 24.3 Å². The quantitative estimate of drug-likeness (QED) is 0.297. The van der Waals surface area contributed by atoms with E-state index in [9.17, 15) is 23.1 Å². The van der Waals surface area contributed by atoms with Gasteiger partial charge in [0.05, 0.1) is 15.9 Å². The summed E-state index contributed by atoms with van der Waals surface area (Å²) in [4.78, 5) is 32.2. The number of hydrogen-bond donors (Lipinski definition) is 5. The second-order valence-electron chi connectivity index (χ2n) is 7.65. The first-order valence-corrected chi connectivity index (χ1v) is 11.4. The van der Waals surface area contributed by atoms with Gasteiger partial charge < -0.3 is 15.2 Å². The molecular formula is C22H17N5O6S. The number of nitrogens with one attached hydrogen (secondary N) is 2. The number of H-pyrrole nitrogens is 1. The normalized spacial score (nSPS) is 17.7. The van der Waals surface area contributed by atoms with Gasteiger partial charge >= 0.3 is 6.09 Å². The van der Waals surface area contributed by atoms with Crippen molar-refractivity contribution in [2.24, 2.45) is 5.14 Å². The molecule has 4 aromatic rings. The maximum Gasteiger partial charge on any atom is 0.411 e.